The van der Waals surface area contributed by atoms with Gasteiger partial charge in [0.2, 0.25) is 11.8 Å². The first-order valence-corrected chi connectivity index (χ1v) is 8.11. The third-order valence-electron chi connectivity index (χ3n) is 3.71. The molecule has 1 atom stereocenters. The second kappa shape index (κ2) is 8.25. The predicted molar refractivity (Wildman–Crippen MR) is 89.0 cm³/mol. The first kappa shape index (κ1) is 17.7. The Morgan fingerprint density at radius 3 is 2.58 bits per heavy atom. The van der Waals surface area contributed by atoms with Crippen LogP contribution in [-0.4, -0.2) is 16.0 Å². The highest BCUT2D eigenvalue weighted by atomic mass is 16.5. The van der Waals surface area contributed by atoms with Crippen molar-refractivity contribution in [2.45, 2.75) is 52.0 Å². The maximum Gasteiger partial charge on any atom is 0.226 e. The van der Waals surface area contributed by atoms with E-state index in [0.717, 1.165) is 5.56 Å². The second-order valence-electron chi connectivity index (χ2n) is 6.08. The zero-order valence-corrected chi connectivity index (χ0v) is 14.2. The van der Waals surface area contributed by atoms with Gasteiger partial charge in [-0.1, -0.05) is 31.1 Å². The van der Waals surface area contributed by atoms with Gasteiger partial charge in [0.1, 0.15) is 0 Å². The Balaban J connectivity index is 1.76. The molecule has 1 aromatic carbocycles. The van der Waals surface area contributed by atoms with E-state index in [1.54, 1.807) is 12.1 Å². The number of aromatic nitrogens is 2. The molecular weight excluding hydrogens is 304 g/mol. The monoisotopic (exact) mass is 326 g/mol. The zero-order valence-electron chi connectivity index (χ0n) is 14.2. The van der Waals surface area contributed by atoms with E-state index in [1.165, 1.54) is 0 Å². The second-order valence-corrected chi connectivity index (χ2v) is 6.08. The van der Waals surface area contributed by atoms with Gasteiger partial charge in [-0.05, 0) is 31.0 Å². The van der Waals surface area contributed by atoms with Crippen LogP contribution in [0.4, 0.5) is 0 Å². The summed E-state index contributed by atoms with van der Waals surface area (Å²) < 4.78 is 5.16. The number of aryl methyl sites for hydroxylation is 1. The van der Waals surface area contributed by atoms with Crippen LogP contribution in [0.5, 0.6) is 0 Å². The molecule has 0 saturated heterocycles. The van der Waals surface area contributed by atoms with Crippen molar-refractivity contribution in [1.82, 2.24) is 15.5 Å². The average Bonchev–Trinajstić information content (AvgIpc) is 3.04. The molecule has 2 aromatic rings. The summed E-state index contributed by atoms with van der Waals surface area (Å²) >= 11 is 0. The van der Waals surface area contributed by atoms with E-state index in [2.05, 4.69) is 21.5 Å². The molecule has 0 unspecified atom stereocenters. The summed E-state index contributed by atoms with van der Waals surface area (Å²) in [5.41, 5.74) is 1.58. The molecule has 126 valence electrons. The minimum absolute atomic E-state index is 0.0181. The highest BCUT2D eigenvalue weighted by Crippen LogP contribution is 2.14. The van der Waals surface area contributed by atoms with Crippen molar-refractivity contribution >= 4 is 5.91 Å². The van der Waals surface area contributed by atoms with Crippen molar-refractivity contribution < 1.29 is 9.32 Å². The summed E-state index contributed by atoms with van der Waals surface area (Å²) in [7, 11) is 0. The molecule has 1 aromatic heterocycles. The molecule has 6 nitrogen and oxygen atoms in total. The fourth-order valence-corrected chi connectivity index (χ4v) is 2.25. The minimum atomic E-state index is -0.0961. The quantitative estimate of drug-likeness (QED) is 0.843. The summed E-state index contributed by atoms with van der Waals surface area (Å²) in [5, 5.41) is 15.7. The zero-order chi connectivity index (χ0) is 17.5. The van der Waals surface area contributed by atoms with Gasteiger partial charge in [0.05, 0.1) is 17.7 Å². The number of hydrogen-bond acceptors (Lipinski definition) is 5. The molecule has 0 saturated carbocycles. The smallest absolute Gasteiger partial charge is 0.226 e. The van der Waals surface area contributed by atoms with Crippen LogP contribution in [0.1, 0.15) is 68.4 Å². The standard InChI is InChI=1S/C18H22N4O2/c1-12(2)18-21-17(24-22-18)6-4-5-16(23)20-13(3)15-9-7-14(11-19)8-10-15/h7-10,12-13H,4-6H2,1-3H3,(H,20,23)/t13-/m1/s1. The van der Waals surface area contributed by atoms with Gasteiger partial charge in [-0.2, -0.15) is 10.2 Å². The van der Waals surface area contributed by atoms with Gasteiger partial charge in [-0.25, -0.2) is 0 Å². The van der Waals surface area contributed by atoms with Crippen molar-refractivity contribution in [3.63, 3.8) is 0 Å². The Morgan fingerprint density at radius 1 is 1.29 bits per heavy atom. The maximum absolute atomic E-state index is 12.0. The van der Waals surface area contributed by atoms with Gasteiger partial charge in [-0.3, -0.25) is 4.79 Å². The molecule has 0 spiro atoms. The molecular formula is C18H22N4O2. The van der Waals surface area contributed by atoms with Crippen LogP contribution in [0.25, 0.3) is 0 Å². The Kier molecular flexibility index (Phi) is 6.07. The number of nitrogens with one attached hydrogen (secondary N) is 1. The predicted octanol–water partition coefficient (Wildman–Crippen LogP) is 3.26. The molecule has 0 aliphatic heterocycles. The molecule has 0 radical (unpaired) electrons. The highest BCUT2D eigenvalue weighted by Gasteiger charge is 2.12. The van der Waals surface area contributed by atoms with E-state index < -0.39 is 0 Å². The molecule has 1 amide bonds. The number of benzene rings is 1. The first-order chi connectivity index (χ1) is 11.5. The first-order valence-electron chi connectivity index (χ1n) is 8.11. The molecule has 0 aliphatic carbocycles. The van der Waals surface area contributed by atoms with Crippen LogP contribution in [0.3, 0.4) is 0 Å². The average molecular weight is 326 g/mol. The normalized spacial score (nSPS) is 12.0. The largest absolute Gasteiger partial charge is 0.350 e. The van der Waals surface area contributed by atoms with Crippen LogP contribution in [0.2, 0.25) is 0 Å². The van der Waals surface area contributed by atoms with Crippen molar-refractivity contribution in [3.05, 3.63) is 47.1 Å². The third-order valence-corrected chi connectivity index (χ3v) is 3.71. The summed E-state index contributed by atoms with van der Waals surface area (Å²) in [6.45, 7) is 5.94. The molecule has 0 fully saturated rings. The van der Waals surface area contributed by atoms with Crippen LogP contribution < -0.4 is 5.32 Å². The van der Waals surface area contributed by atoms with Crippen LogP contribution in [0, 0.1) is 11.3 Å². The number of hydrogen-bond donors (Lipinski definition) is 1. The maximum atomic E-state index is 12.0. The lowest BCUT2D eigenvalue weighted by molar-refractivity contribution is -0.121. The lowest BCUT2D eigenvalue weighted by atomic mass is 10.1. The van der Waals surface area contributed by atoms with Crippen LogP contribution in [-0.2, 0) is 11.2 Å². The Hall–Kier alpha value is -2.68. The topological polar surface area (TPSA) is 91.8 Å². The molecule has 0 aliphatic rings. The number of rotatable bonds is 7. The molecule has 24 heavy (non-hydrogen) atoms. The number of nitrogens with zero attached hydrogens (tertiary/aromatic N) is 3. The van der Waals surface area contributed by atoms with Crippen molar-refractivity contribution in [2.24, 2.45) is 0 Å². The summed E-state index contributed by atoms with van der Waals surface area (Å²) in [4.78, 5) is 16.3. The number of nitriles is 1. The van der Waals surface area contributed by atoms with Crippen molar-refractivity contribution in [1.29, 1.82) is 5.26 Å². The van der Waals surface area contributed by atoms with Crippen LogP contribution in [0.15, 0.2) is 28.8 Å². The Morgan fingerprint density at radius 2 is 2.00 bits per heavy atom. The summed E-state index contributed by atoms with van der Waals surface area (Å²) in [5.74, 6) is 1.49. The van der Waals surface area contributed by atoms with Crippen LogP contribution >= 0.6 is 0 Å². The lowest BCUT2D eigenvalue weighted by Gasteiger charge is -2.14. The van der Waals surface area contributed by atoms with E-state index >= 15 is 0 Å². The van der Waals surface area contributed by atoms with E-state index in [1.807, 2.05) is 32.9 Å². The van der Waals surface area contributed by atoms with Gasteiger partial charge < -0.3 is 9.84 Å². The Bertz CT molecular complexity index is 713. The number of carbonyl (C=O) groups is 1. The van der Waals surface area contributed by atoms with E-state index in [0.29, 0.717) is 36.5 Å². The van der Waals surface area contributed by atoms with Gasteiger partial charge in [0.25, 0.3) is 0 Å². The van der Waals surface area contributed by atoms with Gasteiger partial charge in [-0.15, -0.1) is 0 Å². The van der Waals surface area contributed by atoms with Gasteiger partial charge in [0.15, 0.2) is 5.82 Å². The number of amides is 1. The molecule has 0 bridgehead atoms. The SMILES string of the molecule is CC(C)c1noc(CCCC(=O)N[C@H](C)c2ccc(C#N)cc2)n1. The summed E-state index contributed by atoms with van der Waals surface area (Å²) in [6.07, 6.45) is 1.66. The van der Waals surface area contributed by atoms with Gasteiger partial charge >= 0.3 is 0 Å². The molecule has 1 heterocycles. The highest BCUT2D eigenvalue weighted by molar-refractivity contribution is 5.76. The van der Waals surface area contributed by atoms with Crippen molar-refractivity contribution in [3.8, 4) is 6.07 Å². The fraction of sp³-hybridized carbons (Fsp3) is 0.444. The number of carbonyl (C=O) groups excluding carboxylic acids is 1. The van der Waals surface area contributed by atoms with E-state index in [4.69, 9.17) is 9.78 Å². The fourth-order valence-electron chi connectivity index (χ4n) is 2.25. The van der Waals surface area contributed by atoms with Gasteiger partial charge in [0, 0.05) is 18.8 Å². The minimum Gasteiger partial charge on any atom is -0.350 e. The lowest BCUT2D eigenvalue weighted by Crippen LogP contribution is -2.26. The molecule has 1 N–H and O–H groups in total. The Labute approximate surface area is 141 Å². The van der Waals surface area contributed by atoms with Crippen molar-refractivity contribution in [2.75, 3.05) is 0 Å². The molecule has 6 heteroatoms. The summed E-state index contributed by atoms with van der Waals surface area (Å²) in [6, 6.07) is 9.20. The third kappa shape index (κ3) is 4.92. The van der Waals surface area contributed by atoms with E-state index in [9.17, 15) is 4.79 Å². The van der Waals surface area contributed by atoms with E-state index in [-0.39, 0.29) is 17.9 Å². The molecule has 2 rings (SSSR count).